The average molecular weight is 351 g/mol. The van der Waals surface area contributed by atoms with Gasteiger partial charge in [-0.05, 0) is 38.5 Å². The van der Waals surface area contributed by atoms with E-state index in [2.05, 4.69) is 26.0 Å². The number of ketones is 1. The van der Waals surface area contributed by atoms with Crippen LogP contribution in [0.4, 0.5) is 0 Å². The Kier molecular flexibility index (Phi) is 16.9. The average Bonchev–Trinajstić information content (AvgIpc) is 2.58. The zero-order valence-electron chi connectivity index (χ0n) is 16.4. The molecule has 0 rings (SSSR count). The minimum atomic E-state index is -0.684. The molecule has 0 saturated carbocycles. The number of allylic oxidation sites excluding steroid dienone is 2. The summed E-state index contributed by atoms with van der Waals surface area (Å²) in [7, 11) is 0. The second kappa shape index (κ2) is 17.7. The van der Waals surface area contributed by atoms with Crippen molar-refractivity contribution >= 4 is 11.7 Å². The fourth-order valence-electron chi connectivity index (χ4n) is 3.01. The minimum absolute atomic E-state index is 0.0415. The van der Waals surface area contributed by atoms with Crippen LogP contribution in [0.25, 0.3) is 0 Å². The number of nitrogens with two attached hydrogens (primary N) is 1. The Morgan fingerprint density at radius 3 is 1.80 bits per heavy atom. The van der Waals surface area contributed by atoms with E-state index in [0.29, 0.717) is 6.42 Å². The molecule has 3 heteroatoms. The number of rotatable bonds is 18. The van der Waals surface area contributed by atoms with Gasteiger partial charge in [0, 0.05) is 6.42 Å². The Bertz CT molecular complexity index is 363. The summed E-state index contributed by atoms with van der Waals surface area (Å²) >= 11 is 0. The van der Waals surface area contributed by atoms with Crippen LogP contribution in [0.5, 0.6) is 0 Å². The number of carbonyl (C=O) groups excluding carboxylic acids is 2. The fourth-order valence-corrected chi connectivity index (χ4v) is 3.01. The van der Waals surface area contributed by atoms with E-state index in [0.717, 1.165) is 19.3 Å². The predicted molar refractivity (Wildman–Crippen MR) is 107 cm³/mol. The fraction of sp³-hybridized carbons (Fsp3) is 0.773. The second-order valence-corrected chi connectivity index (χ2v) is 7.04. The van der Waals surface area contributed by atoms with Crippen molar-refractivity contribution in [3.05, 3.63) is 19.1 Å². The van der Waals surface area contributed by atoms with Crippen molar-refractivity contribution in [1.82, 2.24) is 0 Å². The van der Waals surface area contributed by atoms with E-state index in [-0.39, 0.29) is 12.2 Å². The highest BCUT2D eigenvalue weighted by atomic mass is 16.2. The lowest BCUT2D eigenvalue weighted by atomic mass is 9.96. The number of hydrogen-bond acceptors (Lipinski definition) is 2. The highest BCUT2D eigenvalue weighted by Crippen LogP contribution is 2.13. The van der Waals surface area contributed by atoms with Crippen molar-refractivity contribution in [2.24, 2.45) is 11.7 Å². The molecule has 0 aliphatic rings. The summed E-state index contributed by atoms with van der Waals surface area (Å²) in [6.45, 7) is 5.88. The lowest BCUT2D eigenvalue weighted by molar-refractivity contribution is -0.132. The van der Waals surface area contributed by atoms with Gasteiger partial charge in [0.2, 0.25) is 5.91 Å². The maximum absolute atomic E-state index is 11.8. The lowest BCUT2D eigenvalue weighted by Crippen LogP contribution is -2.29. The number of Topliss-reactive ketones (excluding diaryl/α,β-unsaturated/α-hetero) is 1. The molecule has 0 bridgehead atoms. The van der Waals surface area contributed by atoms with Crippen LogP contribution in [0.3, 0.4) is 0 Å². The van der Waals surface area contributed by atoms with E-state index in [9.17, 15) is 9.59 Å². The van der Waals surface area contributed by atoms with Crippen LogP contribution in [0.1, 0.15) is 103 Å². The first-order valence-electron chi connectivity index (χ1n) is 10.4. The maximum Gasteiger partial charge on any atom is 0.227 e. The second-order valence-electron chi connectivity index (χ2n) is 7.04. The van der Waals surface area contributed by atoms with Crippen LogP contribution in [0.15, 0.2) is 12.2 Å². The SMILES string of the molecule is [CH2]CC(C(N)=O)C(=O)CCCCCCC/C=C\CCCCCCCC. The molecule has 1 unspecified atom stereocenters. The summed E-state index contributed by atoms with van der Waals surface area (Å²) in [5.41, 5.74) is 5.20. The van der Waals surface area contributed by atoms with Crippen molar-refractivity contribution < 1.29 is 9.59 Å². The standard InChI is InChI=1S/C22H40NO2/c1-3-5-6-7-8-9-10-11-12-13-14-15-16-17-18-19-21(24)20(4-2)22(23)25/h11-12,20H,2-10,13-19H2,1H3,(H2,23,25)/b12-11-. The van der Waals surface area contributed by atoms with Crippen molar-refractivity contribution in [3.63, 3.8) is 0 Å². The molecule has 1 radical (unpaired) electrons. The van der Waals surface area contributed by atoms with E-state index in [1.807, 2.05) is 0 Å². The molecule has 1 amide bonds. The Morgan fingerprint density at radius 2 is 1.32 bits per heavy atom. The molecular weight excluding hydrogens is 310 g/mol. The third-order valence-corrected chi connectivity index (χ3v) is 4.71. The summed E-state index contributed by atoms with van der Waals surface area (Å²) in [6, 6.07) is 0. The van der Waals surface area contributed by atoms with Gasteiger partial charge in [0.05, 0.1) is 5.92 Å². The number of hydrogen-bond donors (Lipinski definition) is 1. The maximum atomic E-state index is 11.8. The van der Waals surface area contributed by atoms with Crippen LogP contribution in [0.2, 0.25) is 0 Å². The first-order valence-corrected chi connectivity index (χ1v) is 10.4. The van der Waals surface area contributed by atoms with E-state index >= 15 is 0 Å². The van der Waals surface area contributed by atoms with Gasteiger partial charge in [-0.25, -0.2) is 0 Å². The molecular formula is C22H40NO2. The molecule has 1 atom stereocenters. The van der Waals surface area contributed by atoms with Gasteiger partial charge < -0.3 is 5.73 Å². The number of carbonyl (C=O) groups is 2. The summed E-state index contributed by atoms with van der Waals surface area (Å²) in [5.74, 6) is -1.26. The number of amides is 1. The number of primary amides is 1. The summed E-state index contributed by atoms with van der Waals surface area (Å²) in [6.07, 6.45) is 21.5. The van der Waals surface area contributed by atoms with Crippen LogP contribution in [0, 0.1) is 12.8 Å². The van der Waals surface area contributed by atoms with Gasteiger partial charge in [-0.3, -0.25) is 9.59 Å². The molecule has 0 aliphatic carbocycles. The summed E-state index contributed by atoms with van der Waals surface area (Å²) in [5, 5.41) is 0. The molecule has 0 saturated heterocycles. The topological polar surface area (TPSA) is 60.2 Å². The Morgan fingerprint density at radius 1 is 0.840 bits per heavy atom. The van der Waals surface area contributed by atoms with Crippen LogP contribution >= 0.6 is 0 Å². The number of unbranched alkanes of at least 4 members (excludes halogenated alkanes) is 11. The van der Waals surface area contributed by atoms with E-state index in [1.165, 1.54) is 64.2 Å². The van der Waals surface area contributed by atoms with Crippen molar-refractivity contribution in [2.75, 3.05) is 0 Å². The van der Waals surface area contributed by atoms with Crippen LogP contribution in [-0.4, -0.2) is 11.7 Å². The molecule has 0 spiro atoms. The van der Waals surface area contributed by atoms with Crippen molar-refractivity contribution in [3.8, 4) is 0 Å². The lowest BCUT2D eigenvalue weighted by Gasteiger charge is -2.09. The third-order valence-electron chi connectivity index (χ3n) is 4.71. The Hall–Kier alpha value is -1.12. The van der Waals surface area contributed by atoms with Gasteiger partial charge in [0.25, 0.3) is 0 Å². The highest BCUT2D eigenvalue weighted by Gasteiger charge is 2.21. The largest absolute Gasteiger partial charge is 0.369 e. The van der Waals surface area contributed by atoms with E-state index < -0.39 is 11.8 Å². The van der Waals surface area contributed by atoms with Gasteiger partial charge in [0.1, 0.15) is 5.78 Å². The molecule has 145 valence electrons. The molecule has 0 aromatic heterocycles. The molecule has 3 nitrogen and oxygen atoms in total. The van der Waals surface area contributed by atoms with Gasteiger partial charge in [-0.1, -0.05) is 77.4 Å². The molecule has 0 aliphatic heterocycles. The van der Waals surface area contributed by atoms with Gasteiger partial charge in [-0.2, -0.15) is 0 Å². The van der Waals surface area contributed by atoms with E-state index in [4.69, 9.17) is 5.73 Å². The zero-order valence-corrected chi connectivity index (χ0v) is 16.4. The van der Waals surface area contributed by atoms with Gasteiger partial charge >= 0.3 is 0 Å². The van der Waals surface area contributed by atoms with Crippen molar-refractivity contribution in [2.45, 2.75) is 103 Å². The molecule has 0 aromatic carbocycles. The quantitative estimate of drug-likeness (QED) is 0.189. The molecule has 2 N–H and O–H groups in total. The summed E-state index contributed by atoms with van der Waals surface area (Å²) in [4.78, 5) is 22.9. The predicted octanol–water partition coefficient (Wildman–Crippen LogP) is 5.92. The van der Waals surface area contributed by atoms with Gasteiger partial charge in [0.15, 0.2) is 0 Å². The molecule has 0 heterocycles. The normalized spacial score (nSPS) is 12.6. The molecule has 25 heavy (non-hydrogen) atoms. The molecule has 0 aromatic rings. The van der Waals surface area contributed by atoms with Crippen LogP contribution in [-0.2, 0) is 9.59 Å². The Labute approximate surface area is 155 Å². The first-order chi connectivity index (χ1) is 12.1. The smallest absolute Gasteiger partial charge is 0.227 e. The van der Waals surface area contributed by atoms with Crippen LogP contribution < -0.4 is 5.73 Å². The summed E-state index contributed by atoms with van der Waals surface area (Å²) < 4.78 is 0. The monoisotopic (exact) mass is 350 g/mol. The molecule has 0 fully saturated rings. The third kappa shape index (κ3) is 14.9. The van der Waals surface area contributed by atoms with E-state index in [1.54, 1.807) is 0 Å². The minimum Gasteiger partial charge on any atom is -0.369 e. The first kappa shape index (κ1) is 23.9. The van der Waals surface area contributed by atoms with Gasteiger partial charge in [-0.15, -0.1) is 0 Å². The highest BCUT2D eigenvalue weighted by molar-refractivity contribution is 6.00. The van der Waals surface area contributed by atoms with Crippen molar-refractivity contribution in [1.29, 1.82) is 0 Å². The zero-order chi connectivity index (χ0) is 18.8. The Balaban J connectivity index is 3.37.